The van der Waals surface area contributed by atoms with E-state index in [0.717, 1.165) is 22.5 Å². The van der Waals surface area contributed by atoms with Crippen LogP contribution in [0.3, 0.4) is 0 Å². The maximum absolute atomic E-state index is 11.0. The van der Waals surface area contributed by atoms with Crippen molar-refractivity contribution in [2.24, 2.45) is 4.99 Å². The fourth-order valence-electron chi connectivity index (χ4n) is 2.17. The van der Waals surface area contributed by atoms with Gasteiger partial charge in [-0.3, -0.25) is 9.79 Å². The number of amides is 1. The Kier molecular flexibility index (Phi) is 3.31. The highest BCUT2D eigenvalue weighted by Crippen LogP contribution is 2.38. The second kappa shape index (κ2) is 5.14. The third-order valence-electron chi connectivity index (χ3n) is 3.07. The number of aliphatic imine (C=N–C) groups is 1. The van der Waals surface area contributed by atoms with Gasteiger partial charge < -0.3 is 10.4 Å². The Balaban J connectivity index is 2.01. The van der Waals surface area contributed by atoms with E-state index in [0.29, 0.717) is 10.0 Å². The molecule has 106 valence electrons. The molecule has 2 N–H and O–H groups in total. The summed E-state index contributed by atoms with van der Waals surface area (Å²) in [6.07, 6.45) is 1.85. The lowest BCUT2D eigenvalue weighted by atomic mass is 10.0. The van der Waals surface area contributed by atoms with Gasteiger partial charge in [0.25, 0.3) is 0 Å². The van der Waals surface area contributed by atoms with Crippen LogP contribution in [0, 0.1) is 0 Å². The number of anilines is 1. The molecule has 2 heterocycles. The van der Waals surface area contributed by atoms with Crippen molar-refractivity contribution < 1.29 is 9.90 Å². The van der Waals surface area contributed by atoms with Crippen LogP contribution >= 0.6 is 11.3 Å². The van der Waals surface area contributed by atoms with Crippen LogP contribution in [0.2, 0.25) is 0 Å². The molecule has 0 unspecified atom stereocenters. The lowest BCUT2D eigenvalue weighted by Gasteiger charge is -2.00. The number of nitrogens with one attached hydrogen (secondary N) is 1. The molecule has 1 aliphatic heterocycles. The van der Waals surface area contributed by atoms with Crippen molar-refractivity contribution in [1.29, 1.82) is 0 Å². The van der Waals surface area contributed by atoms with E-state index in [2.05, 4.69) is 15.3 Å². The Morgan fingerprint density at radius 3 is 2.90 bits per heavy atom. The van der Waals surface area contributed by atoms with Gasteiger partial charge in [-0.15, -0.1) is 0 Å². The molecule has 0 radical (unpaired) electrons. The minimum absolute atomic E-state index is 0.0894. The average Bonchev–Trinajstić information content (AvgIpc) is 2.91. The quantitative estimate of drug-likeness (QED) is 0.891. The summed E-state index contributed by atoms with van der Waals surface area (Å²) in [5.41, 5.74) is 3.81. The van der Waals surface area contributed by atoms with Crippen LogP contribution in [-0.2, 0) is 4.79 Å². The zero-order chi connectivity index (χ0) is 15.0. The highest BCUT2D eigenvalue weighted by Gasteiger charge is 2.18. The molecule has 1 amide bonds. The number of hydrogen-bond donors (Lipinski definition) is 2. The summed E-state index contributed by atoms with van der Waals surface area (Å²) in [5, 5.41) is 12.9. The van der Waals surface area contributed by atoms with Crippen LogP contribution in [0.5, 0.6) is 5.88 Å². The summed E-state index contributed by atoms with van der Waals surface area (Å²) in [6.45, 7) is 3.33. The minimum atomic E-state index is -0.216. The number of para-hydroxylation sites is 1. The highest BCUT2D eigenvalue weighted by molar-refractivity contribution is 7.17. The third-order valence-corrected chi connectivity index (χ3v) is 3.97. The molecule has 1 aliphatic rings. The Morgan fingerprint density at radius 2 is 2.14 bits per heavy atom. The molecule has 0 atom stereocenters. The monoisotopic (exact) mass is 299 g/mol. The number of hydrogen-bond acceptors (Lipinski definition) is 5. The van der Waals surface area contributed by atoms with Gasteiger partial charge in [-0.1, -0.05) is 29.5 Å². The van der Waals surface area contributed by atoms with E-state index in [1.807, 2.05) is 37.3 Å². The molecule has 5 nitrogen and oxygen atoms in total. The molecule has 1 aromatic heterocycles. The molecule has 1 aromatic carbocycles. The summed E-state index contributed by atoms with van der Waals surface area (Å²) in [7, 11) is 0. The average molecular weight is 299 g/mol. The van der Waals surface area contributed by atoms with Crippen LogP contribution < -0.4 is 5.32 Å². The van der Waals surface area contributed by atoms with E-state index in [-0.39, 0.29) is 11.8 Å². The second-order valence-electron chi connectivity index (χ2n) is 4.66. The lowest BCUT2D eigenvalue weighted by molar-refractivity contribution is -0.114. The SMILES string of the molecule is CC(=O)Nc1nc(O)c(C=C2C(C)=Nc3ccccc32)s1. The molecule has 3 rings (SSSR count). The number of thiazole rings is 1. The highest BCUT2D eigenvalue weighted by atomic mass is 32.1. The van der Waals surface area contributed by atoms with Crippen molar-refractivity contribution in [3.8, 4) is 5.88 Å². The molecular weight excluding hydrogens is 286 g/mol. The van der Waals surface area contributed by atoms with Gasteiger partial charge in [0.1, 0.15) is 0 Å². The Bertz CT molecular complexity index is 790. The van der Waals surface area contributed by atoms with E-state index in [1.165, 1.54) is 18.3 Å². The predicted octanol–water partition coefficient (Wildman–Crippen LogP) is 3.45. The summed E-state index contributed by atoms with van der Waals surface area (Å²) < 4.78 is 0. The van der Waals surface area contributed by atoms with Crippen molar-refractivity contribution in [1.82, 2.24) is 4.98 Å². The van der Waals surface area contributed by atoms with Gasteiger partial charge in [0.15, 0.2) is 5.13 Å². The number of aromatic nitrogens is 1. The van der Waals surface area contributed by atoms with Crippen molar-refractivity contribution in [3.63, 3.8) is 0 Å². The summed E-state index contributed by atoms with van der Waals surface area (Å²) in [4.78, 5) is 20.1. The first-order valence-electron chi connectivity index (χ1n) is 6.39. The molecule has 0 bridgehead atoms. The molecule has 0 saturated carbocycles. The number of aromatic hydroxyl groups is 1. The van der Waals surface area contributed by atoms with Gasteiger partial charge in [-0.2, -0.15) is 4.98 Å². The summed E-state index contributed by atoms with van der Waals surface area (Å²) >= 11 is 1.23. The molecule has 0 aliphatic carbocycles. The Hall–Kier alpha value is -2.47. The second-order valence-corrected chi connectivity index (χ2v) is 5.69. The zero-order valence-electron chi connectivity index (χ0n) is 11.5. The predicted molar refractivity (Wildman–Crippen MR) is 85.2 cm³/mol. The number of carbonyl (C=O) groups is 1. The van der Waals surface area contributed by atoms with Crippen molar-refractivity contribution in [2.45, 2.75) is 13.8 Å². The van der Waals surface area contributed by atoms with Gasteiger partial charge in [0.05, 0.1) is 10.6 Å². The van der Waals surface area contributed by atoms with Crippen molar-refractivity contribution in [3.05, 3.63) is 34.7 Å². The maximum atomic E-state index is 11.0. The fourth-order valence-corrected chi connectivity index (χ4v) is 3.02. The van der Waals surface area contributed by atoms with Crippen LogP contribution in [0.25, 0.3) is 11.6 Å². The maximum Gasteiger partial charge on any atom is 0.231 e. The van der Waals surface area contributed by atoms with Gasteiger partial charge in [-0.25, -0.2) is 0 Å². The fraction of sp³-hybridized carbons (Fsp3) is 0.133. The number of allylic oxidation sites excluding steroid dienone is 1. The van der Waals surface area contributed by atoms with Crippen LogP contribution in [0.15, 0.2) is 29.3 Å². The zero-order valence-corrected chi connectivity index (χ0v) is 12.4. The largest absolute Gasteiger partial charge is 0.492 e. The van der Waals surface area contributed by atoms with E-state index in [9.17, 15) is 9.90 Å². The number of fused-ring (bicyclic) bond motifs is 1. The molecule has 0 spiro atoms. The van der Waals surface area contributed by atoms with E-state index in [1.54, 1.807) is 0 Å². The number of benzene rings is 1. The van der Waals surface area contributed by atoms with Crippen LogP contribution in [0.4, 0.5) is 10.8 Å². The number of carbonyl (C=O) groups excluding carboxylic acids is 1. The first-order chi connectivity index (χ1) is 10.0. The molecule has 6 heteroatoms. The number of nitrogens with zero attached hydrogens (tertiary/aromatic N) is 2. The van der Waals surface area contributed by atoms with Gasteiger partial charge in [-0.05, 0) is 19.1 Å². The smallest absolute Gasteiger partial charge is 0.231 e. The lowest BCUT2D eigenvalue weighted by Crippen LogP contribution is -2.04. The minimum Gasteiger partial charge on any atom is -0.492 e. The van der Waals surface area contributed by atoms with E-state index < -0.39 is 0 Å². The van der Waals surface area contributed by atoms with Crippen LogP contribution in [0.1, 0.15) is 24.3 Å². The van der Waals surface area contributed by atoms with Gasteiger partial charge in [0, 0.05) is 23.8 Å². The van der Waals surface area contributed by atoms with Crippen molar-refractivity contribution in [2.75, 3.05) is 5.32 Å². The Labute approximate surface area is 125 Å². The first kappa shape index (κ1) is 13.5. The topological polar surface area (TPSA) is 74.6 Å². The van der Waals surface area contributed by atoms with Crippen molar-refractivity contribution >= 4 is 45.4 Å². The van der Waals surface area contributed by atoms with Gasteiger partial charge >= 0.3 is 0 Å². The molecule has 2 aromatic rings. The van der Waals surface area contributed by atoms with Crippen LogP contribution in [-0.4, -0.2) is 21.7 Å². The van der Waals surface area contributed by atoms with Gasteiger partial charge in [0.2, 0.25) is 11.8 Å². The normalized spacial score (nSPS) is 15.0. The first-order valence-corrected chi connectivity index (χ1v) is 7.20. The summed E-state index contributed by atoms with van der Waals surface area (Å²) in [6, 6.07) is 7.84. The molecule has 0 fully saturated rings. The van der Waals surface area contributed by atoms with E-state index in [4.69, 9.17) is 0 Å². The number of rotatable bonds is 2. The standard InChI is InChI=1S/C15H13N3O2S/c1-8-11(10-5-3-4-6-12(10)16-8)7-13-14(20)18-15(21-13)17-9(2)19/h3-7,20H,1-2H3,(H,17,18,19). The molecular formula is C15H13N3O2S. The Morgan fingerprint density at radius 1 is 1.38 bits per heavy atom. The third kappa shape index (κ3) is 2.57. The molecule has 21 heavy (non-hydrogen) atoms. The summed E-state index contributed by atoms with van der Waals surface area (Å²) in [5.74, 6) is -0.305. The molecule has 0 saturated heterocycles. The van der Waals surface area contributed by atoms with E-state index >= 15 is 0 Å².